The molecule has 0 atom stereocenters. The molecule has 0 unspecified atom stereocenters. The van der Waals surface area contributed by atoms with Crippen molar-refractivity contribution < 1.29 is 8.42 Å². The van der Waals surface area contributed by atoms with E-state index in [1.807, 2.05) is 13.0 Å². The van der Waals surface area contributed by atoms with E-state index < -0.39 is 10.0 Å². The monoisotopic (exact) mass is 262 g/mol. The molecule has 0 amide bonds. The molecule has 0 saturated carbocycles. The van der Waals surface area contributed by atoms with Gasteiger partial charge in [-0.05, 0) is 30.7 Å². The second-order valence-electron chi connectivity index (χ2n) is 3.79. The first kappa shape index (κ1) is 12.6. The minimum Gasteiger partial charge on any atom is -0.263 e. The van der Waals surface area contributed by atoms with Gasteiger partial charge in [-0.15, -0.1) is 0 Å². The molecule has 1 aromatic carbocycles. The van der Waals surface area contributed by atoms with Gasteiger partial charge in [0.2, 0.25) is 0 Å². The van der Waals surface area contributed by atoms with Crippen LogP contribution in [0.25, 0.3) is 0 Å². The van der Waals surface area contributed by atoms with Gasteiger partial charge in [-0.25, -0.2) is 13.4 Å². The Morgan fingerprint density at radius 2 is 1.78 bits per heavy atom. The van der Waals surface area contributed by atoms with E-state index in [0.717, 1.165) is 12.1 Å². The zero-order chi connectivity index (χ0) is 13.0. The predicted octanol–water partition coefficient (Wildman–Crippen LogP) is 2.44. The van der Waals surface area contributed by atoms with Gasteiger partial charge in [-0.3, -0.25) is 4.72 Å². The maximum absolute atomic E-state index is 12.1. The number of pyridine rings is 1. The van der Waals surface area contributed by atoms with Crippen molar-refractivity contribution in [3.05, 3.63) is 54.2 Å². The van der Waals surface area contributed by atoms with Gasteiger partial charge in [0.15, 0.2) is 0 Å². The van der Waals surface area contributed by atoms with E-state index in [2.05, 4.69) is 9.71 Å². The first-order valence-electron chi connectivity index (χ1n) is 5.65. The Labute approximate surface area is 107 Å². The van der Waals surface area contributed by atoms with Gasteiger partial charge in [0.1, 0.15) is 5.82 Å². The van der Waals surface area contributed by atoms with Crippen LogP contribution in [0.15, 0.2) is 53.4 Å². The number of nitrogens with zero attached hydrogens (tertiary/aromatic N) is 1. The quantitative estimate of drug-likeness (QED) is 0.920. The van der Waals surface area contributed by atoms with E-state index in [1.165, 1.54) is 0 Å². The Kier molecular flexibility index (Phi) is 3.62. The fourth-order valence-electron chi connectivity index (χ4n) is 1.53. The number of aryl methyl sites for hydroxylation is 1. The molecule has 2 rings (SSSR count). The highest BCUT2D eigenvalue weighted by Crippen LogP contribution is 2.14. The summed E-state index contributed by atoms with van der Waals surface area (Å²) in [5.74, 6) is 0.346. The van der Waals surface area contributed by atoms with Crippen LogP contribution in [0.5, 0.6) is 0 Å². The second kappa shape index (κ2) is 5.18. The number of anilines is 1. The molecule has 1 heterocycles. The predicted molar refractivity (Wildman–Crippen MR) is 70.9 cm³/mol. The summed E-state index contributed by atoms with van der Waals surface area (Å²) < 4.78 is 26.6. The van der Waals surface area contributed by atoms with Crippen LogP contribution in [0.1, 0.15) is 12.6 Å². The van der Waals surface area contributed by atoms with Gasteiger partial charge >= 0.3 is 0 Å². The van der Waals surface area contributed by atoms with Crippen LogP contribution in [-0.2, 0) is 16.4 Å². The van der Waals surface area contributed by atoms with Gasteiger partial charge < -0.3 is 0 Å². The second-order valence-corrected chi connectivity index (χ2v) is 5.47. The molecule has 5 heteroatoms. The SMILES string of the molecule is CCc1cccc(NS(=O)(=O)c2ccccc2)n1. The summed E-state index contributed by atoms with van der Waals surface area (Å²) >= 11 is 0. The molecule has 0 spiro atoms. The van der Waals surface area contributed by atoms with E-state index in [1.54, 1.807) is 42.5 Å². The number of benzene rings is 1. The highest BCUT2D eigenvalue weighted by atomic mass is 32.2. The molecule has 1 aromatic heterocycles. The van der Waals surface area contributed by atoms with E-state index in [0.29, 0.717) is 5.82 Å². The Balaban J connectivity index is 2.28. The minimum atomic E-state index is -3.55. The van der Waals surface area contributed by atoms with Crippen LogP contribution in [0.4, 0.5) is 5.82 Å². The molecule has 0 aliphatic carbocycles. The van der Waals surface area contributed by atoms with Crippen LogP contribution in [0, 0.1) is 0 Å². The van der Waals surface area contributed by atoms with Gasteiger partial charge in [0, 0.05) is 5.69 Å². The Morgan fingerprint density at radius 3 is 2.44 bits per heavy atom. The third-order valence-corrected chi connectivity index (χ3v) is 3.83. The van der Waals surface area contributed by atoms with E-state index >= 15 is 0 Å². The number of sulfonamides is 1. The molecular formula is C13H14N2O2S. The van der Waals surface area contributed by atoms with Crippen molar-refractivity contribution in [3.8, 4) is 0 Å². The maximum Gasteiger partial charge on any atom is 0.263 e. The van der Waals surface area contributed by atoms with Gasteiger partial charge in [0.05, 0.1) is 4.90 Å². The number of aromatic nitrogens is 1. The standard InChI is InChI=1S/C13H14N2O2S/c1-2-11-7-6-10-13(14-11)15-18(16,17)12-8-4-3-5-9-12/h3-10H,2H2,1H3,(H,14,15). The lowest BCUT2D eigenvalue weighted by Gasteiger charge is -2.07. The normalized spacial score (nSPS) is 11.2. The van der Waals surface area contributed by atoms with Crippen molar-refractivity contribution in [2.45, 2.75) is 18.2 Å². The van der Waals surface area contributed by atoms with E-state index in [-0.39, 0.29) is 4.90 Å². The van der Waals surface area contributed by atoms with Crippen molar-refractivity contribution in [2.24, 2.45) is 0 Å². The summed E-state index contributed by atoms with van der Waals surface area (Å²) in [7, 11) is -3.55. The topological polar surface area (TPSA) is 59.1 Å². The molecule has 0 bridgehead atoms. The van der Waals surface area contributed by atoms with E-state index in [4.69, 9.17) is 0 Å². The van der Waals surface area contributed by atoms with Crippen molar-refractivity contribution in [1.82, 2.24) is 4.98 Å². The van der Waals surface area contributed by atoms with Crippen molar-refractivity contribution >= 4 is 15.8 Å². The van der Waals surface area contributed by atoms with Crippen LogP contribution >= 0.6 is 0 Å². The molecule has 94 valence electrons. The van der Waals surface area contributed by atoms with Crippen molar-refractivity contribution in [3.63, 3.8) is 0 Å². The average molecular weight is 262 g/mol. The Bertz CT molecular complexity index is 624. The average Bonchev–Trinajstić information content (AvgIpc) is 2.39. The number of nitrogens with one attached hydrogen (secondary N) is 1. The molecule has 0 aliphatic heterocycles. The zero-order valence-electron chi connectivity index (χ0n) is 10.00. The Morgan fingerprint density at radius 1 is 1.06 bits per heavy atom. The lowest BCUT2D eigenvalue weighted by molar-refractivity contribution is 0.601. The lowest BCUT2D eigenvalue weighted by atomic mass is 10.3. The third kappa shape index (κ3) is 2.87. The number of rotatable bonds is 4. The third-order valence-electron chi connectivity index (χ3n) is 2.46. The molecule has 0 aliphatic rings. The molecule has 1 N–H and O–H groups in total. The summed E-state index contributed by atoms with van der Waals surface area (Å²) in [5.41, 5.74) is 0.850. The van der Waals surface area contributed by atoms with Crippen molar-refractivity contribution in [1.29, 1.82) is 0 Å². The van der Waals surface area contributed by atoms with Crippen LogP contribution in [0.2, 0.25) is 0 Å². The fourth-order valence-corrected chi connectivity index (χ4v) is 2.55. The molecule has 0 fully saturated rings. The molecule has 0 saturated heterocycles. The molecule has 18 heavy (non-hydrogen) atoms. The van der Waals surface area contributed by atoms with Crippen LogP contribution in [0.3, 0.4) is 0 Å². The number of hydrogen-bond acceptors (Lipinski definition) is 3. The smallest absolute Gasteiger partial charge is 0.263 e. The Hall–Kier alpha value is -1.88. The molecular weight excluding hydrogens is 248 g/mol. The van der Waals surface area contributed by atoms with Gasteiger partial charge in [-0.1, -0.05) is 31.2 Å². The summed E-state index contributed by atoms with van der Waals surface area (Å²) in [4.78, 5) is 4.44. The van der Waals surface area contributed by atoms with Crippen molar-refractivity contribution in [2.75, 3.05) is 4.72 Å². The summed E-state index contributed by atoms with van der Waals surface area (Å²) in [6, 6.07) is 13.5. The van der Waals surface area contributed by atoms with E-state index in [9.17, 15) is 8.42 Å². The zero-order valence-corrected chi connectivity index (χ0v) is 10.8. The van der Waals surface area contributed by atoms with Gasteiger partial charge in [-0.2, -0.15) is 0 Å². The first-order valence-corrected chi connectivity index (χ1v) is 7.14. The summed E-state index contributed by atoms with van der Waals surface area (Å²) in [6.45, 7) is 1.97. The maximum atomic E-state index is 12.1. The highest BCUT2D eigenvalue weighted by molar-refractivity contribution is 7.92. The molecule has 0 radical (unpaired) electrons. The van der Waals surface area contributed by atoms with Gasteiger partial charge in [0.25, 0.3) is 10.0 Å². The molecule has 2 aromatic rings. The highest BCUT2D eigenvalue weighted by Gasteiger charge is 2.13. The lowest BCUT2D eigenvalue weighted by Crippen LogP contribution is -2.14. The summed E-state index contributed by atoms with van der Waals surface area (Å²) in [6.07, 6.45) is 0.765. The van der Waals surface area contributed by atoms with Crippen LogP contribution < -0.4 is 4.72 Å². The fraction of sp³-hybridized carbons (Fsp3) is 0.154. The summed E-state index contributed by atoms with van der Waals surface area (Å²) in [5, 5.41) is 0. The first-order chi connectivity index (χ1) is 8.62. The largest absolute Gasteiger partial charge is 0.263 e. The van der Waals surface area contributed by atoms with Crippen LogP contribution in [-0.4, -0.2) is 13.4 Å². The molecule has 4 nitrogen and oxygen atoms in total. The number of hydrogen-bond donors (Lipinski definition) is 1. The minimum absolute atomic E-state index is 0.230.